The molecule has 4 heterocycles. The highest BCUT2D eigenvalue weighted by atomic mass is 15.2. The highest BCUT2D eigenvalue weighted by Crippen LogP contribution is 2.47. The first-order valence-corrected chi connectivity index (χ1v) is 14.0. The number of benzene rings is 6. The van der Waals surface area contributed by atoms with Crippen LogP contribution in [0, 0.1) is 6.57 Å². The summed E-state index contributed by atoms with van der Waals surface area (Å²) in [4.78, 5) is 13.7. The minimum absolute atomic E-state index is 0.360. The molecule has 0 atom stereocenters. The van der Waals surface area contributed by atoms with Crippen LogP contribution >= 0.6 is 0 Å². The van der Waals surface area contributed by atoms with Crippen molar-refractivity contribution in [3.8, 4) is 5.95 Å². The zero-order valence-electron chi connectivity index (χ0n) is 22.2. The molecule has 5 nitrogen and oxygen atoms in total. The lowest BCUT2D eigenvalue weighted by atomic mass is 9.99. The fourth-order valence-corrected chi connectivity index (χ4v) is 7.22. The van der Waals surface area contributed by atoms with E-state index in [1.54, 1.807) is 0 Å². The Kier molecular flexibility index (Phi) is 3.94. The van der Waals surface area contributed by atoms with Crippen LogP contribution < -0.4 is 0 Å². The molecule has 10 aromatic rings. The maximum absolute atomic E-state index is 7.93. The van der Waals surface area contributed by atoms with Gasteiger partial charge in [0.25, 0.3) is 5.82 Å². The lowest BCUT2D eigenvalue weighted by molar-refractivity contribution is 1.02. The highest BCUT2D eigenvalue weighted by molar-refractivity contribution is 6.38. The van der Waals surface area contributed by atoms with E-state index < -0.39 is 0 Å². The summed E-state index contributed by atoms with van der Waals surface area (Å²) in [6.45, 7) is 7.93. The third kappa shape index (κ3) is 2.53. The van der Waals surface area contributed by atoms with Crippen molar-refractivity contribution in [2.24, 2.45) is 0 Å². The molecule has 10 rings (SSSR count). The minimum Gasteiger partial charge on any atom is -0.360 e. The van der Waals surface area contributed by atoms with Gasteiger partial charge in [0, 0.05) is 37.7 Å². The molecule has 0 radical (unpaired) electrons. The first-order chi connectivity index (χ1) is 20.8. The summed E-state index contributed by atoms with van der Waals surface area (Å²) in [5.41, 5.74) is 6.46. The Hall–Kier alpha value is -5.99. The number of para-hydroxylation sites is 3. The van der Waals surface area contributed by atoms with Crippen LogP contribution in [0.5, 0.6) is 0 Å². The topological polar surface area (TPSA) is 39.5 Å². The van der Waals surface area contributed by atoms with E-state index in [1.807, 2.05) is 24.3 Å². The summed E-state index contributed by atoms with van der Waals surface area (Å²) in [7, 11) is 0. The molecule has 0 aliphatic carbocycles. The van der Waals surface area contributed by atoms with Crippen LogP contribution in [-0.4, -0.2) is 18.9 Å². The van der Waals surface area contributed by atoms with Crippen molar-refractivity contribution >= 4 is 87.4 Å². The van der Waals surface area contributed by atoms with Crippen LogP contribution in [0.4, 0.5) is 5.82 Å². The Bertz CT molecular complexity index is 2810. The molecule has 0 spiro atoms. The molecule has 42 heavy (non-hydrogen) atoms. The van der Waals surface area contributed by atoms with Crippen LogP contribution in [0.25, 0.3) is 92.4 Å². The molecule has 192 valence electrons. The summed E-state index contributed by atoms with van der Waals surface area (Å²) in [6, 6.07) is 40.4. The average Bonchev–Trinajstić information content (AvgIpc) is 3.68. The fourth-order valence-electron chi connectivity index (χ4n) is 7.22. The minimum atomic E-state index is 0.360. The number of rotatable bonds is 1. The van der Waals surface area contributed by atoms with Crippen molar-refractivity contribution in [2.45, 2.75) is 0 Å². The molecule has 5 heteroatoms. The van der Waals surface area contributed by atoms with Gasteiger partial charge in [0.1, 0.15) is 0 Å². The van der Waals surface area contributed by atoms with Gasteiger partial charge in [-0.25, -0.2) is 0 Å². The van der Waals surface area contributed by atoms with Crippen LogP contribution in [-0.2, 0) is 0 Å². The van der Waals surface area contributed by atoms with E-state index in [4.69, 9.17) is 16.5 Å². The van der Waals surface area contributed by atoms with Crippen molar-refractivity contribution < 1.29 is 0 Å². The smallest absolute Gasteiger partial charge is 0.332 e. The molecule has 0 amide bonds. The molecule has 0 saturated heterocycles. The molecule has 0 fully saturated rings. The van der Waals surface area contributed by atoms with Crippen LogP contribution in [0.2, 0.25) is 0 Å². The Labute approximate surface area is 238 Å². The second kappa shape index (κ2) is 7.60. The predicted octanol–water partition coefficient (Wildman–Crippen LogP) is 9.58. The van der Waals surface area contributed by atoms with Crippen molar-refractivity contribution in [2.75, 3.05) is 0 Å². The van der Waals surface area contributed by atoms with Gasteiger partial charge in [-0.15, -0.1) is 0 Å². The van der Waals surface area contributed by atoms with Gasteiger partial charge in [-0.3, -0.25) is 4.57 Å². The Morgan fingerprint density at radius 2 is 1.21 bits per heavy atom. The van der Waals surface area contributed by atoms with Crippen molar-refractivity contribution in [3.05, 3.63) is 127 Å². The van der Waals surface area contributed by atoms with Crippen LogP contribution in [0.3, 0.4) is 0 Å². The molecule has 0 saturated carbocycles. The largest absolute Gasteiger partial charge is 0.360 e. The second-order valence-electron chi connectivity index (χ2n) is 10.9. The summed E-state index contributed by atoms with van der Waals surface area (Å²) in [5, 5.41) is 10.4. The normalized spacial score (nSPS) is 12.3. The molecular weight excluding hydrogens is 514 g/mol. The number of aromatic nitrogens is 4. The second-order valence-corrected chi connectivity index (χ2v) is 10.9. The Morgan fingerprint density at radius 3 is 2.05 bits per heavy atom. The monoisotopic (exact) mass is 533 g/mol. The van der Waals surface area contributed by atoms with E-state index in [0.717, 1.165) is 21.9 Å². The van der Waals surface area contributed by atoms with Gasteiger partial charge in [-0.05, 0) is 41.1 Å². The van der Waals surface area contributed by atoms with Gasteiger partial charge in [-0.2, -0.15) is 4.98 Å². The molecule has 0 bridgehead atoms. The quantitative estimate of drug-likeness (QED) is 0.197. The summed E-state index contributed by atoms with van der Waals surface area (Å²) in [6.07, 6.45) is 0. The Balaban J connectivity index is 1.54. The van der Waals surface area contributed by atoms with E-state index in [9.17, 15) is 0 Å². The number of hydrogen-bond acceptors (Lipinski definition) is 2. The SMILES string of the molecule is [C-]#[N+]c1nc(-n2c3ccc4ccccc4c3c3c4c5ccccc5n5c6ccccc6c(cc32)c45)nc2ccccc12. The Morgan fingerprint density at radius 1 is 0.524 bits per heavy atom. The average molecular weight is 534 g/mol. The van der Waals surface area contributed by atoms with Crippen LogP contribution in [0.1, 0.15) is 0 Å². The van der Waals surface area contributed by atoms with Gasteiger partial charge >= 0.3 is 5.95 Å². The van der Waals surface area contributed by atoms with Gasteiger partial charge in [0.05, 0.1) is 33.1 Å². The lowest BCUT2D eigenvalue weighted by Crippen LogP contribution is -2.01. The third-order valence-corrected chi connectivity index (χ3v) is 8.87. The molecule has 0 aliphatic rings. The highest BCUT2D eigenvalue weighted by Gasteiger charge is 2.26. The predicted molar refractivity (Wildman–Crippen MR) is 172 cm³/mol. The number of hydrogen-bond donors (Lipinski definition) is 0. The van der Waals surface area contributed by atoms with Crippen molar-refractivity contribution in [1.29, 1.82) is 0 Å². The van der Waals surface area contributed by atoms with Gasteiger partial charge in [-0.1, -0.05) is 96.5 Å². The molecule has 6 aromatic carbocycles. The van der Waals surface area contributed by atoms with Gasteiger partial charge in [0.2, 0.25) is 0 Å². The molecule has 4 aromatic heterocycles. The first-order valence-electron chi connectivity index (χ1n) is 14.0. The van der Waals surface area contributed by atoms with E-state index in [1.165, 1.54) is 59.6 Å². The van der Waals surface area contributed by atoms with Gasteiger partial charge in [0.15, 0.2) is 0 Å². The summed E-state index contributed by atoms with van der Waals surface area (Å²) in [5.74, 6) is 0.871. The van der Waals surface area contributed by atoms with E-state index in [2.05, 4.69) is 105 Å². The third-order valence-electron chi connectivity index (χ3n) is 8.87. The fraction of sp³-hybridized carbons (Fsp3) is 0. The molecule has 0 unspecified atom stereocenters. The number of fused-ring (bicyclic) bond motifs is 13. The van der Waals surface area contributed by atoms with Crippen molar-refractivity contribution in [1.82, 2.24) is 18.9 Å². The first kappa shape index (κ1) is 21.8. The van der Waals surface area contributed by atoms with Gasteiger partial charge < -0.3 is 9.25 Å². The zero-order chi connectivity index (χ0) is 27.5. The van der Waals surface area contributed by atoms with Crippen molar-refractivity contribution in [3.63, 3.8) is 0 Å². The molecule has 0 aliphatic heterocycles. The molecular formula is C37H19N5. The summed E-state index contributed by atoms with van der Waals surface area (Å²) < 4.78 is 4.59. The van der Waals surface area contributed by atoms with E-state index in [-0.39, 0.29) is 0 Å². The zero-order valence-corrected chi connectivity index (χ0v) is 22.2. The van der Waals surface area contributed by atoms with Crippen LogP contribution in [0.15, 0.2) is 115 Å². The maximum Gasteiger partial charge on any atom is 0.332 e. The van der Waals surface area contributed by atoms with E-state index in [0.29, 0.717) is 11.8 Å². The summed E-state index contributed by atoms with van der Waals surface area (Å²) >= 11 is 0. The number of nitrogens with zero attached hydrogens (tertiary/aromatic N) is 5. The van der Waals surface area contributed by atoms with E-state index >= 15 is 0 Å². The molecule has 0 N–H and O–H groups in total. The standard InChI is InChI=1S/C37H19N5/c1-38-36-24-13-4-7-15-27(24)39-37(40-36)42-30-19-18-21-10-2-3-11-22(21)32(30)34-31(42)20-26-23-12-5-8-16-28(23)41-29-17-9-6-14-25(29)33(34)35(26)41/h2-20H. The maximum atomic E-state index is 7.93. The lowest BCUT2D eigenvalue weighted by Gasteiger charge is -2.06.